The van der Waals surface area contributed by atoms with Crippen LogP contribution in [0.3, 0.4) is 0 Å². The lowest BCUT2D eigenvalue weighted by Gasteiger charge is -2.35. The van der Waals surface area contributed by atoms with Gasteiger partial charge in [-0.05, 0) is 12.3 Å². The van der Waals surface area contributed by atoms with Crippen LogP contribution in [0, 0.1) is 5.92 Å². The van der Waals surface area contributed by atoms with Crippen LogP contribution in [0.15, 0.2) is 0 Å². The van der Waals surface area contributed by atoms with Crippen molar-refractivity contribution in [1.29, 1.82) is 0 Å². The van der Waals surface area contributed by atoms with Crippen LogP contribution in [0.2, 0.25) is 0 Å². The van der Waals surface area contributed by atoms with Crippen LogP contribution < -0.4 is 5.32 Å². The molecule has 0 saturated carbocycles. The van der Waals surface area contributed by atoms with E-state index in [1.54, 1.807) is 4.90 Å². The second-order valence-electron chi connectivity index (χ2n) is 5.96. The van der Waals surface area contributed by atoms with E-state index in [2.05, 4.69) is 24.1 Å². The summed E-state index contributed by atoms with van der Waals surface area (Å²) in [4.78, 5) is 28.2. The number of amides is 2. The van der Waals surface area contributed by atoms with Gasteiger partial charge in [0.1, 0.15) is 6.04 Å². The van der Waals surface area contributed by atoms with E-state index in [1.165, 1.54) is 11.5 Å². The van der Waals surface area contributed by atoms with Crippen LogP contribution in [0.4, 0.5) is 0 Å². The molecule has 1 N–H and O–H groups in total. The molecular formula is C14H25N3O2S. The van der Waals surface area contributed by atoms with Gasteiger partial charge in [-0.15, -0.1) is 0 Å². The maximum Gasteiger partial charge on any atom is 0.245 e. The predicted octanol–water partition coefficient (Wildman–Crippen LogP) is 0.408. The van der Waals surface area contributed by atoms with Gasteiger partial charge in [-0.3, -0.25) is 14.5 Å². The quantitative estimate of drug-likeness (QED) is 0.799. The standard InChI is InChI=1S/C14H25N3O2S/c1-11(2)9-12-14(19)17(10-13(18)15-12)4-3-16-5-7-20-8-6-16/h11-12H,3-10H2,1-2H3,(H,15,18). The van der Waals surface area contributed by atoms with Crippen molar-refractivity contribution in [1.82, 2.24) is 15.1 Å². The fourth-order valence-corrected chi connectivity index (χ4v) is 3.66. The maximum atomic E-state index is 12.4. The van der Waals surface area contributed by atoms with E-state index in [0.717, 1.165) is 26.1 Å². The molecule has 2 heterocycles. The van der Waals surface area contributed by atoms with E-state index in [4.69, 9.17) is 0 Å². The van der Waals surface area contributed by atoms with Crippen molar-refractivity contribution in [2.75, 3.05) is 44.2 Å². The maximum absolute atomic E-state index is 12.4. The van der Waals surface area contributed by atoms with Gasteiger partial charge in [-0.25, -0.2) is 0 Å². The van der Waals surface area contributed by atoms with Crippen molar-refractivity contribution in [3.05, 3.63) is 0 Å². The Morgan fingerprint density at radius 2 is 1.95 bits per heavy atom. The molecule has 2 aliphatic rings. The average Bonchev–Trinajstić information content (AvgIpc) is 2.41. The number of piperazine rings is 1. The smallest absolute Gasteiger partial charge is 0.245 e. The third kappa shape index (κ3) is 4.38. The fraction of sp³-hybridized carbons (Fsp3) is 0.857. The van der Waals surface area contributed by atoms with Crippen LogP contribution in [0.25, 0.3) is 0 Å². The monoisotopic (exact) mass is 299 g/mol. The molecule has 0 aromatic carbocycles. The van der Waals surface area contributed by atoms with Crippen molar-refractivity contribution in [2.45, 2.75) is 26.3 Å². The number of thioether (sulfide) groups is 1. The van der Waals surface area contributed by atoms with Gasteiger partial charge in [0.15, 0.2) is 0 Å². The number of hydrogen-bond acceptors (Lipinski definition) is 4. The average molecular weight is 299 g/mol. The number of nitrogens with zero attached hydrogens (tertiary/aromatic N) is 2. The summed E-state index contributed by atoms with van der Waals surface area (Å²) in [6.45, 7) is 8.10. The summed E-state index contributed by atoms with van der Waals surface area (Å²) in [5.41, 5.74) is 0. The molecule has 2 fully saturated rings. The van der Waals surface area contributed by atoms with Gasteiger partial charge in [0, 0.05) is 37.7 Å². The third-order valence-corrected chi connectivity index (χ3v) is 4.72. The Balaban J connectivity index is 1.85. The molecule has 114 valence electrons. The van der Waals surface area contributed by atoms with Crippen molar-refractivity contribution < 1.29 is 9.59 Å². The first kappa shape index (κ1) is 15.6. The van der Waals surface area contributed by atoms with Crippen molar-refractivity contribution in [2.24, 2.45) is 5.92 Å². The summed E-state index contributed by atoms with van der Waals surface area (Å²) in [6.07, 6.45) is 0.724. The van der Waals surface area contributed by atoms with E-state index in [1.807, 2.05) is 11.8 Å². The first-order chi connectivity index (χ1) is 9.56. The summed E-state index contributed by atoms with van der Waals surface area (Å²) in [7, 11) is 0. The number of carbonyl (C=O) groups excluding carboxylic acids is 2. The lowest BCUT2D eigenvalue weighted by atomic mass is 10.0. The Morgan fingerprint density at radius 1 is 1.25 bits per heavy atom. The number of nitrogens with one attached hydrogen (secondary N) is 1. The second-order valence-corrected chi connectivity index (χ2v) is 7.19. The molecule has 2 rings (SSSR count). The summed E-state index contributed by atoms with van der Waals surface area (Å²) >= 11 is 1.98. The molecule has 0 spiro atoms. The van der Waals surface area contributed by atoms with Crippen molar-refractivity contribution >= 4 is 23.6 Å². The van der Waals surface area contributed by atoms with Gasteiger partial charge in [-0.1, -0.05) is 13.8 Å². The van der Waals surface area contributed by atoms with Crippen LogP contribution in [-0.2, 0) is 9.59 Å². The molecule has 0 aromatic rings. The minimum atomic E-state index is -0.326. The van der Waals surface area contributed by atoms with Gasteiger partial charge in [0.2, 0.25) is 11.8 Å². The van der Waals surface area contributed by atoms with Crippen LogP contribution >= 0.6 is 11.8 Å². The minimum Gasteiger partial charge on any atom is -0.343 e. The lowest BCUT2D eigenvalue weighted by Crippen LogP contribution is -2.59. The molecular weight excluding hydrogens is 274 g/mol. The highest BCUT2D eigenvalue weighted by Gasteiger charge is 2.32. The summed E-state index contributed by atoms with van der Waals surface area (Å²) in [6, 6.07) is -0.326. The molecule has 0 radical (unpaired) electrons. The molecule has 1 unspecified atom stereocenters. The third-order valence-electron chi connectivity index (χ3n) is 3.78. The SMILES string of the molecule is CC(C)CC1NC(=O)CN(CCN2CCSCC2)C1=O. The second kappa shape index (κ2) is 7.31. The molecule has 0 bridgehead atoms. The van der Waals surface area contributed by atoms with E-state index >= 15 is 0 Å². The zero-order valence-corrected chi connectivity index (χ0v) is 13.2. The zero-order chi connectivity index (χ0) is 14.5. The normalized spacial score (nSPS) is 25.1. The Hall–Kier alpha value is -0.750. The predicted molar refractivity (Wildman–Crippen MR) is 81.7 cm³/mol. The highest BCUT2D eigenvalue weighted by molar-refractivity contribution is 7.99. The molecule has 20 heavy (non-hydrogen) atoms. The van der Waals surface area contributed by atoms with E-state index in [0.29, 0.717) is 12.5 Å². The van der Waals surface area contributed by atoms with E-state index in [-0.39, 0.29) is 24.4 Å². The first-order valence-electron chi connectivity index (χ1n) is 7.44. The van der Waals surface area contributed by atoms with Gasteiger partial charge in [0.25, 0.3) is 0 Å². The molecule has 0 aromatic heterocycles. The molecule has 2 aliphatic heterocycles. The highest BCUT2D eigenvalue weighted by atomic mass is 32.2. The van der Waals surface area contributed by atoms with Crippen LogP contribution in [0.5, 0.6) is 0 Å². The Kier molecular flexibility index (Phi) is 5.72. The fourth-order valence-electron chi connectivity index (χ4n) is 2.68. The van der Waals surface area contributed by atoms with Crippen LogP contribution in [-0.4, -0.2) is 71.9 Å². The van der Waals surface area contributed by atoms with Crippen molar-refractivity contribution in [3.63, 3.8) is 0 Å². The molecule has 6 heteroatoms. The summed E-state index contributed by atoms with van der Waals surface area (Å²) in [5, 5.41) is 2.82. The highest BCUT2D eigenvalue weighted by Crippen LogP contribution is 2.13. The Morgan fingerprint density at radius 3 is 2.60 bits per heavy atom. The van der Waals surface area contributed by atoms with Gasteiger partial charge >= 0.3 is 0 Å². The zero-order valence-electron chi connectivity index (χ0n) is 12.4. The molecule has 2 amide bonds. The molecule has 0 aliphatic carbocycles. The molecule has 5 nitrogen and oxygen atoms in total. The molecule has 2 saturated heterocycles. The first-order valence-corrected chi connectivity index (χ1v) is 8.60. The van der Waals surface area contributed by atoms with Gasteiger partial charge in [0.05, 0.1) is 6.54 Å². The minimum absolute atomic E-state index is 0.0237. The Labute approximate surface area is 125 Å². The van der Waals surface area contributed by atoms with Crippen LogP contribution in [0.1, 0.15) is 20.3 Å². The van der Waals surface area contributed by atoms with Crippen molar-refractivity contribution in [3.8, 4) is 0 Å². The van der Waals surface area contributed by atoms with Gasteiger partial charge in [-0.2, -0.15) is 11.8 Å². The summed E-state index contributed by atoms with van der Waals surface area (Å²) in [5.74, 6) is 2.81. The lowest BCUT2D eigenvalue weighted by molar-refractivity contribution is -0.144. The van der Waals surface area contributed by atoms with E-state index in [9.17, 15) is 9.59 Å². The number of rotatable bonds is 5. The summed E-state index contributed by atoms with van der Waals surface area (Å²) < 4.78 is 0. The Bertz CT molecular complexity index is 356. The largest absolute Gasteiger partial charge is 0.343 e. The topological polar surface area (TPSA) is 52.7 Å². The van der Waals surface area contributed by atoms with E-state index < -0.39 is 0 Å². The number of hydrogen-bond donors (Lipinski definition) is 1. The molecule has 1 atom stereocenters. The number of carbonyl (C=O) groups is 2. The van der Waals surface area contributed by atoms with Gasteiger partial charge < -0.3 is 10.2 Å².